The quantitative estimate of drug-likeness (QED) is 0.352. The Morgan fingerprint density at radius 1 is 1.18 bits per heavy atom. The van der Waals surface area contributed by atoms with E-state index < -0.39 is 0 Å². The van der Waals surface area contributed by atoms with Crippen LogP contribution in [-0.2, 0) is 19.4 Å². The van der Waals surface area contributed by atoms with Gasteiger partial charge in [-0.25, -0.2) is 9.98 Å². The van der Waals surface area contributed by atoms with Gasteiger partial charge in [0.1, 0.15) is 11.6 Å². The molecule has 2 N–H and O–H groups in total. The van der Waals surface area contributed by atoms with Gasteiger partial charge in [-0.1, -0.05) is 12.1 Å². The van der Waals surface area contributed by atoms with E-state index in [9.17, 15) is 0 Å². The average molecular weight is 495 g/mol. The van der Waals surface area contributed by atoms with Crippen molar-refractivity contribution in [2.75, 3.05) is 38.7 Å². The van der Waals surface area contributed by atoms with Gasteiger partial charge in [-0.2, -0.15) is 0 Å². The molecule has 28 heavy (non-hydrogen) atoms. The molecule has 0 spiro atoms. The van der Waals surface area contributed by atoms with Crippen LogP contribution < -0.4 is 20.3 Å². The van der Waals surface area contributed by atoms with Gasteiger partial charge in [0.2, 0.25) is 0 Å². The van der Waals surface area contributed by atoms with Crippen molar-refractivity contribution in [2.45, 2.75) is 26.3 Å². The van der Waals surface area contributed by atoms with Crippen molar-refractivity contribution in [2.24, 2.45) is 4.99 Å². The second-order valence-corrected chi connectivity index (χ2v) is 6.83. The summed E-state index contributed by atoms with van der Waals surface area (Å²) >= 11 is 0. The number of aromatic nitrogens is 1. The number of benzene rings is 1. The molecule has 1 aromatic carbocycles. The molecule has 0 unspecified atom stereocenters. The van der Waals surface area contributed by atoms with E-state index in [4.69, 9.17) is 9.73 Å². The molecule has 0 saturated carbocycles. The number of rotatable bonds is 7. The molecule has 0 aliphatic carbocycles. The second kappa shape index (κ2) is 11.1. The zero-order chi connectivity index (χ0) is 19.1. The van der Waals surface area contributed by atoms with Gasteiger partial charge in [-0.15, -0.1) is 24.0 Å². The van der Waals surface area contributed by atoms with E-state index in [0.29, 0.717) is 6.54 Å². The fourth-order valence-electron chi connectivity index (χ4n) is 3.04. The fraction of sp³-hybridized carbons (Fsp3) is 0.429. The Bertz CT molecular complexity index is 794. The first-order valence-corrected chi connectivity index (χ1v) is 9.54. The molecule has 1 aliphatic heterocycles. The average Bonchev–Trinajstić information content (AvgIpc) is 3.14. The van der Waals surface area contributed by atoms with Gasteiger partial charge < -0.3 is 20.3 Å². The van der Waals surface area contributed by atoms with Crippen molar-refractivity contribution in [1.29, 1.82) is 0 Å². The summed E-state index contributed by atoms with van der Waals surface area (Å²) in [6, 6.07) is 10.6. The minimum Gasteiger partial charge on any atom is -0.493 e. The van der Waals surface area contributed by atoms with E-state index in [1.807, 2.05) is 31.3 Å². The van der Waals surface area contributed by atoms with E-state index >= 15 is 0 Å². The Morgan fingerprint density at radius 2 is 2.04 bits per heavy atom. The molecule has 6 nitrogen and oxygen atoms in total. The molecule has 0 amide bonds. The Balaban J connectivity index is 0.00000280. The van der Waals surface area contributed by atoms with Crippen molar-refractivity contribution < 1.29 is 4.74 Å². The third-order valence-corrected chi connectivity index (χ3v) is 4.49. The maximum atomic E-state index is 5.57. The zero-order valence-electron chi connectivity index (χ0n) is 16.9. The number of guanidine groups is 1. The number of aliphatic imine (C=N–C) groups is 1. The van der Waals surface area contributed by atoms with Crippen LogP contribution in [0.3, 0.4) is 0 Å². The van der Waals surface area contributed by atoms with Crippen LogP contribution in [0.5, 0.6) is 5.75 Å². The smallest absolute Gasteiger partial charge is 0.191 e. The van der Waals surface area contributed by atoms with Crippen molar-refractivity contribution in [3.05, 3.63) is 53.2 Å². The molecule has 1 aliphatic rings. The Hall–Kier alpha value is -2.03. The predicted molar refractivity (Wildman–Crippen MR) is 126 cm³/mol. The van der Waals surface area contributed by atoms with Crippen LogP contribution >= 0.6 is 24.0 Å². The van der Waals surface area contributed by atoms with Gasteiger partial charge in [-0.05, 0) is 48.2 Å². The van der Waals surface area contributed by atoms with Crippen molar-refractivity contribution in [3.63, 3.8) is 0 Å². The monoisotopic (exact) mass is 495 g/mol. The lowest BCUT2D eigenvalue weighted by atomic mass is 10.1. The van der Waals surface area contributed by atoms with Gasteiger partial charge in [0.05, 0.1) is 13.2 Å². The topological polar surface area (TPSA) is 61.8 Å². The molecule has 0 bridgehead atoms. The maximum absolute atomic E-state index is 5.57. The summed E-state index contributed by atoms with van der Waals surface area (Å²) in [6.07, 6.45) is 3.80. The summed E-state index contributed by atoms with van der Waals surface area (Å²) in [4.78, 5) is 11.0. The van der Waals surface area contributed by atoms with Crippen LogP contribution in [0.2, 0.25) is 0 Å². The molecule has 2 heterocycles. The largest absolute Gasteiger partial charge is 0.493 e. The van der Waals surface area contributed by atoms with Gasteiger partial charge in [0.15, 0.2) is 5.96 Å². The molecule has 0 saturated heterocycles. The number of ether oxygens (including phenoxy) is 1. The van der Waals surface area contributed by atoms with E-state index in [1.165, 1.54) is 11.1 Å². The lowest BCUT2D eigenvalue weighted by molar-refractivity contribution is 0.357. The predicted octanol–water partition coefficient (Wildman–Crippen LogP) is 3.00. The maximum Gasteiger partial charge on any atom is 0.191 e. The SMILES string of the molecule is CCNC(=NCc1ccnc(N(C)C)c1)NCCc1ccc2c(c1)CCO2.I. The summed E-state index contributed by atoms with van der Waals surface area (Å²) in [5, 5.41) is 6.74. The number of anilines is 1. The van der Waals surface area contributed by atoms with Crippen LogP contribution in [0, 0.1) is 0 Å². The van der Waals surface area contributed by atoms with E-state index in [0.717, 1.165) is 55.6 Å². The fourth-order valence-corrected chi connectivity index (χ4v) is 3.04. The van der Waals surface area contributed by atoms with Crippen LogP contribution in [0.4, 0.5) is 5.82 Å². The highest BCUT2D eigenvalue weighted by Crippen LogP contribution is 2.25. The second-order valence-electron chi connectivity index (χ2n) is 6.83. The number of pyridine rings is 1. The normalized spacial score (nSPS) is 12.6. The standard InChI is InChI=1S/C21H29N5O.HI/c1-4-22-21(25-15-17-8-10-23-20(14-17)26(2)3)24-11-7-16-5-6-19-18(13-16)9-12-27-19;/h5-6,8,10,13-14H,4,7,9,11-12,15H2,1-3H3,(H2,22,24,25);1H. The number of nitrogens with zero attached hydrogens (tertiary/aromatic N) is 3. The first kappa shape index (κ1) is 22.3. The molecule has 1 aromatic heterocycles. The summed E-state index contributed by atoms with van der Waals surface area (Å²) in [6.45, 7) is 5.17. The van der Waals surface area contributed by atoms with Gasteiger partial charge in [0, 0.05) is 39.8 Å². The molecule has 0 atom stereocenters. The number of fused-ring (bicyclic) bond motifs is 1. The minimum atomic E-state index is 0. The molecule has 0 radical (unpaired) electrons. The number of hydrogen-bond donors (Lipinski definition) is 2. The Labute approximate surface area is 184 Å². The minimum absolute atomic E-state index is 0. The van der Waals surface area contributed by atoms with Crippen LogP contribution in [0.1, 0.15) is 23.6 Å². The third-order valence-electron chi connectivity index (χ3n) is 4.49. The molecule has 0 fully saturated rings. The van der Waals surface area contributed by atoms with Gasteiger partial charge in [-0.3, -0.25) is 0 Å². The van der Waals surface area contributed by atoms with Gasteiger partial charge >= 0.3 is 0 Å². The molecular formula is C21H30IN5O. The molecule has 3 rings (SSSR count). The molecule has 2 aromatic rings. The zero-order valence-corrected chi connectivity index (χ0v) is 19.2. The van der Waals surface area contributed by atoms with Crippen LogP contribution in [0.25, 0.3) is 0 Å². The summed E-state index contributed by atoms with van der Waals surface area (Å²) in [7, 11) is 3.98. The van der Waals surface area contributed by atoms with E-state index in [-0.39, 0.29) is 24.0 Å². The third kappa shape index (κ3) is 6.25. The van der Waals surface area contributed by atoms with Crippen molar-refractivity contribution in [3.8, 4) is 5.75 Å². The highest BCUT2D eigenvalue weighted by Gasteiger charge is 2.11. The van der Waals surface area contributed by atoms with Crippen LogP contribution in [0.15, 0.2) is 41.5 Å². The Kier molecular flexibility index (Phi) is 8.82. The Morgan fingerprint density at radius 3 is 2.82 bits per heavy atom. The molecule has 152 valence electrons. The highest BCUT2D eigenvalue weighted by atomic mass is 127. The number of halogens is 1. The summed E-state index contributed by atoms with van der Waals surface area (Å²) in [5.41, 5.74) is 3.79. The van der Waals surface area contributed by atoms with Gasteiger partial charge in [0.25, 0.3) is 0 Å². The summed E-state index contributed by atoms with van der Waals surface area (Å²) in [5.74, 6) is 2.82. The first-order valence-electron chi connectivity index (χ1n) is 9.54. The molecular weight excluding hydrogens is 465 g/mol. The lowest BCUT2D eigenvalue weighted by Crippen LogP contribution is -2.38. The summed E-state index contributed by atoms with van der Waals surface area (Å²) < 4.78 is 5.57. The van der Waals surface area contributed by atoms with Crippen LogP contribution in [-0.4, -0.2) is 44.7 Å². The molecule has 7 heteroatoms. The first-order chi connectivity index (χ1) is 13.2. The van der Waals surface area contributed by atoms with Crippen molar-refractivity contribution >= 4 is 35.8 Å². The number of hydrogen-bond acceptors (Lipinski definition) is 4. The van der Waals surface area contributed by atoms with E-state index in [1.54, 1.807) is 0 Å². The lowest BCUT2D eigenvalue weighted by Gasteiger charge is -2.13. The number of nitrogens with one attached hydrogen (secondary N) is 2. The van der Waals surface area contributed by atoms with E-state index in [2.05, 4.69) is 46.8 Å². The highest BCUT2D eigenvalue weighted by molar-refractivity contribution is 14.0. The van der Waals surface area contributed by atoms with Crippen molar-refractivity contribution in [1.82, 2.24) is 15.6 Å².